The summed E-state index contributed by atoms with van der Waals surface area (Å²) in [7, 11) is 0. The Morgan fingerprint density at radius 1 is 1.03 bits per heavy atom. The van der Waals surface area contributed by atoms with E-state index in [0.717, 1.165) is 24.8 Å². The molecule has 0 radical (unpaired) electrons. The first-order valence-electron chi connectivity index (χ1n) is 12.6. The number of halogens is 3. The zero-order chi connectivity index (χ0) is 26.8. The molecule has 1 saturated heterocycles. The highest BCUT2D eigenvalue weighted by Gasteiger charge is 2.33. The lowest BCUT2D eigenvalue weighted by atomic mass is 9.87. The fourth-order valence-electron chi connectivity index (χ4n) is 4.66. The second-order valence-corrected chi connectivity index (χ2v) is 10.7. The molecule has 2 aromatic rings. The van der Waals surface area contributed by atoms with E-state index < -0.39 is 11.7 Å². The first-order chi connectivity index (χ1) is 17.4. The maximum atomic E-state index is 13.1. The van der Waals surface area contributed by atoms with Crippen LogP contribution in [0.4, 0.5) is 30.2 Å². The number of nitrogens with zero attached hydrogens (tertiary/aromatic N) is 2. The fourth-order valence-corrected chi connectivity index (χ4v) is 4.66. The van der Waals surface area contributed by atoms with Gasteiger partial charge in [0.2, 0.25) is 5.91 Å². The number of anilines is 3. The van der Waals surface area contributed by atoms with Gasteiger partial charge in [-0.1, -0.05) is 45.1 Å². The molecule has 2 atom stereocenters. The van der Waals surface area contributed by atoms with Gasteiger partial charge >= 0.3 is 6.18 Å². The molecule has 3 N–H and O–H groups in total. The Hall–Kier alpha value is -3.20. The Balaban J connectivity index is 1.21. The maximum absolute atomic E-state index is 13.1. The summed E-state index contributed by atoms with van der Waals surface area (Å²) in [6.07, 6.45) is -0.576. The van der Waals surface area contributed by atoms with Gasteiger partial charge in [-0.2, -0.15) is 13.2 Å². The SMILES string of the molecule is CC(C)(C)c1ccc(N2CCN(C(=O)CO[C@@H]3C=C[C@@H](Nc4ccc(N)c(C(F)(F)F)c4)C3)CC2)cc1. The molecule has 1 heterocycles. The predicted octanol–water partition coefficient (Wildman–Crippen LogP) is 5.06. The number of nitrogens with two attached hydrogens (primary N) is 1. The van der Waals surface area contributed by atoms with Gasteiger partial charge in [-0.25, -0.2) is 0 Å². The third-order valence-electron chi connectivity index (χ3n) is 6.91. The van der Waals surface area contributed by atoms with Crippen molar-refractivity contribution in [1.82, 2.24) is 4.90 Å². The van der Waals surface area contributed by atoms with E-state index in [-0.39, 0.29) is 35.8 Å². The first-order valence-corrected chi connectivity index (χ1v) is 12.6. The zero-order valence-electron chi connectivity index (χ0n) is 21.5. The van der Waals surface area contributed by atoms with Crippen molar-refractivity contribution in [3.8, 4) is 0 Å². The van der Waals surface area contributed by atoms with Crippen LogP contribution in [0.1, 0.15) is 38.3 Å². The molecule has 200 valence electrons. The Morgan fingerprint density at radius 3 is 2.32 bits per heavy atom. The summed E-state index contributed by atoms with van der Waals surface area (Å²) < 4.78 is 45.2. The van der Waals surface area contributed by atoms with E-state index in [0.29, 0.717) is 25.2 Å². The van der Waals surface area contributed by atoms with Crippen LogP contribution in [-0.4, -0.2) is 55.7 Å². The Bertz CT molecular complexity index is 1120. The van der Waals surface area contributed by atoms with Crippen molar-refractivity contribution in [2.75, 3.05) is 48.7 Å². The number of hydrogen-bond donors (Lipinski definition) is 2. The number of carbonyl (C=O) groups excluding carboxylic acids is 1. The van der Waals surface area contributed by atoms with Crippen molar-refractivity contribution >= 4 is 23.0 Å². The summed E-state index contributed by atoms with van der Waals surface area (Å²) in [5.41, 5.74) is 7.20. The molecule has 1 amide bonds. The van der Waals surface area contributed by atoms with Gasteiger partial charge in [-0.05, 0) is 41.3 Å². The van der Waals surface area contributed by atoms with Crippen molar-refractivity contribution in [2.24, 2.45) is 0 Å². The number of nitrogens with one attached hydrogen (secondary N) is 1. The summed E-state index contributed by atoms with van der Waals surface area (Å²) in [5, 5.41) is 3.07. The van der Waals surface area contributed by atoms with Gasteiger partial charge < -0.3 is 25.6 Å². The zero-order valence-corrected chi connectivity index (χ0v) is 21.5. The standard InChI is InChI=1S/C28H35F3N4O2/c1-27(2,3)19-4-8-22(9-5-19)34-12-14-35(15-13-34)26(36)18-37-23-10-6-20(16-23)33-21-7-11-25(32)24(17-21)28(29,30)31/h4-11,17,20,23,33H,12-16,18,32H2,1-3H3/t20-,23-/m1/s1. The first kappa shape index (κ1) is 26.9. The van der Waals surface area contributed by atoms with Gasteiger partial charge in [0.1, 0.15) is 6.61 Å². The molecule has 9 heteroatoms. The molecule has 0 saturated carbocycles. The van der Waals surface area contributed by atoms with E-state index in [1.807, 2.05) is 17.1 Å². The van der Waals surface area contributed by atoms with E-state index >= 15 is 0 Å². The van der Waals surface area contributed by atoms with Gasteiger partial charge in [0.05, 0.1) is 11.7 Å². The number of carbonyl (C=O) groups is 1. The second-order valence-electron chi connectivity index (χ2n) is 10.7. The van der Waals surface area contributed by atoms with Crippen LogP contribution in [0.5, 0.6) is 0 Å². The van der Waals surface area contributed by atoms with Gasteiger partial charge in [0.15, 0.2) is 0 Å². The van der Waals surface area contributed by atoms with Crippen LogP contribution < -0.4 is 16.0 Å². The molecular formula is C28H35F3N4O2. The molecule has 37 heavy (non-hydrogen) atoms. The highest BCUT2D eigenvalue weighted by Crippen LogP contribution is 2.35. The normalized spacial score (nSPS) is 20.4. The van der Waals surface area contributed by atoms with E-state index in [4.69, 9.17) is 10.5 Å². The lowest BCUT2D eigenvalue weighted by Gasteiger charge is -2.36. The largest absolute Gasteiger partial charge is 0.418 e. The van der Waals surface area contributed by atoms with Crippen LogP contribution in [-0.2, 0) is 21.1 Å². The molecule has 0 bridgehead atoms. The van der Waals surface area contributed by atoms with Crippen LogP contribution in [0.25, 0.3) is 0 Å². The molecule has 0 unspecified atom stereocenters. The Morgan fingerprint density at radius 2 is 1.70 bits per heavy atom. The number of amides is 1. The van der Waals surface area contributed by atoms with E-state index in [1.54, 1.807) is 0 Å². The molecule has 6 nitrogen and oxygen atoms in total. The van der Waals surface area contributed by atoms with Gasteiger partial charge in [-0.3, -0.25) is 4.79 Å². The minimum absolute atomic E-state index is 0.0257. The second kappa shape index (κ2) is 10.7. The smallest absolute Gasteiger partial charge is 0.398 e. The molecule has 1 aliphatic carbocycles. The van der Waals surface area contributed by atoms with Crippen molar-refractivity contribution in [3.63, 3.8) is 0 Å². The van der Waals surface area contributed by atoms with Crippen LogP contribution in [0.3, 0.4) is 0 Å². The number of benzene rings is 2. The number of nitrogen functional groups attached to an aromatic ring is 1. The fraction of sp³-hybridized carbons (Fsp3) is 0.464. The molecule has 1 fully saturated rings. The highest BCUT2D eigenvalue weighted by atomic mass is 19.4. The molecule has 2 aliphatic rings. The van der Waals surface area contributed by atoms with Crippen molar-refractivity contribution in [1.29, 1.82) is 0 Å². The Kier molecular flexibility index (Phi) is 7.73. The minimum atomic E-state index is -4.51. The summed E-state index contributed by atoms with van der Waals surface area (Å²) in [5.74, 6) is -0.0547. The minimum Gasteiger partial charge on any atom is -0.398 e. The van der Waals surface area contributed by atoms with E-state index in [1.165, 1.54) is 17.7 Å². The van der Waals surface area contributed by atoms with Crippen molar-refractivity contribution in [2.45, 2.75) is 50.9 Å². The number of ether oxygens (including phenoxy) is 1. The molecule has 4 rings (SSSR count). The number of alkyl halides is 3. The topological polar surface area (TPSA) is 70.8 Å². The summed E-state index contributed by atoms with van der Waals surface area (Å²) in [6.45, 7) is 9.34. The average molecular weight is 517 g/mol. The quantitative estimate of drug-likeness (QED) is 0.415. The number of piperazine rings is 1. The molecule has 2 aromatic carbocycles. The van der Waals surface area contributed by atoms with E-state index in [2.05, 4.69) is 55.3 Å². The van der Waals surface area contributed by atoms with Crippen molar-refractivity contribution in [3.05, 3.63) is 65.7 Å². The molecular weight excluding hydrogens is 481 g/mol. The Labute approximate surface area is 216 Å². The van der Waals surface area contributed by atoms with Gasteiger partial charge in [-0.15, -0.1) is 0 Å². The van der Waals surface area contributed by atoms with Crippen LogP contribution >= 0.6 is 0 Å². The number of rotatable bonds is 6. The third kappa shape index (κ3) is 6.77. The average Bonchev–Trinajstić information content (AvgIpc) is 3.30. The van der Waals surface area contributed by atoms with Crippen LogP contribution in [0.15, 0.2) is 54.6 Å². The van der Waals surface area contributed by atoms with Gasteiger partial charge in [0.25, 0.3) is 0 Å². The summed E-state index contributed by atoms with van der Waals surface area (Å²) in [4.78, 5) is 16.8. The summed E-state index contributed by atoms with van der Waals surface area (Å²) >= 11 is 0. The lowest BCUT2D eigenvalue weighted by molar-refractivity contribution is -0.138. The summed E-state index contributed by atoms with van der Waals surface area (Å²) in [6, 6.07) is 12.2. The molecule has 1 aliphatic heterocycles. The third-order valence-corrected chi connectivity index (χ3v) is 6.91. The molecule has 0 spiro atoms. The van der Waals surface area contributed by atoms with Gasteiger partial charge in [0, 0.05) is 55.7 Å². The highest BCUT2D eigenvalue weighted by molar-refractivity contribution is 5.77. The lowest BCUT2D eigenvalue weighted by Crippen LogP contribution is -2.50. The van der Waals surface area contributed by atoms with Crippen molar-refractivity contribution < 1.29 is 22.7 Å². The predicted molar refractivity (Wildman–Crippen MR) is 141 cm³/mol. The van der Waals surface area contributed by atoms with Crippen LogP contribution in [0.2, 0.25) is 0 Å². The number of hydrogen-bond acceptors (Lipinski definition) is 5. The van der Waals surface area contributed by atoms with Crippen LogP contribution in [0, 0.1) is 0 Å². The van der Waals surface area contributed by atoms with E-state index in [9.17, 15) is 18.0 Å². The monoisotopic (exact) mass is 516 g/mol. The maximum Gasteiger partial charge on any atom is 0.418 e. The molecule has 0 aromatic heterocycles.